The van der Waals surface area contributed by atoms with Crippen LogP contribution in [0.4, 0.5) is 0 Å². The van der Waals surface area contributed by atoms with Crippen molar-refractivity contribution in [3.8, 4) is 0 Å². The predicted octanol–water partition coefficient (Wildman–Crippen LogP) is 8.97. The van der Waals surface area contributed by atoms with Gasteiger partial charge in [-0.15, -0.1) is 0 Å². The number of hydrogen-bond acceptors (Lipinski definition) is 11. The molecule has 1 aliphatic heterocycles. The molecule has 0 unspecified atom stereocenters. The van der Waals surface area contributed by atoms with Gasteiger partial charge in [0.25, 0.3) is 0 Å². The molecular weight excluding hydrogens is 939 g/mol. The molecule has 338 valence electrons. The Labute approximate surface area is 387 Å². The number of benzene rings is 4. The maximum atomic E-state index is 11.3. The molecule has 0 atom stereocenters. The highest BCUT2D eigenvalue weighted by atomic mass is 79.9. The topological polar surface area (TPSA) is 177 Å². The van der Waals surface area contributed by atoms with Crippen molar-refractivity contribution in [3.63, 3.8) is 0 Å². The summed E-state index contributed by atoms with van der Waals surface area (Å²) in [6.45, 7) is 20.2. The number of alkyl halides is 1. The third kappa shape index (κ3) is 19.5. The Morgan fingerprint density at radius 3 is 1.37 bits per heavy atom. The summed E-state index contributed by atoms with van der Waals surface area (Å²) in [4.78, 5) is 73.9. The fourth-order valence-electron chi connectivity index (χ4n) is 5.28. The lowest BCUT2D eigenvalue weighted by Gasteiger charge is -2.32. The van der Waals surface area contributed by atoms with Crippen LogP contribution < -0.4 is 5.46 Å². The normalized spacial score (nSPS) is 12.7. The van der Waals surface area contributed by atoms with Gasteiger partial charge in [0, 0.05) is 26.7 Å². The van der Waals surface area contributed by atoms with Crippen LogP contribution in [0.25, 0.3) is 0 Å². The number of rotatable bonds is 12. The number of carboxylic acid groups (broad SMARTS) is 1. The zero-order valence-corrected chi connectivity index (χ0v) is 40.7. The van der Waals surface area contributed by atoms with E-state index in [-0.39, 0.29) is 36.0 Å². The number of hydrogen-bond donors (Lipinski definition) is 1. The Kier molecular flexibility index (Phi) is 24.7. The predicted molar refractivity (Wildman–Crippen MR) is 252 cm³/mol. The van der Waals surface area contributed by atoms with Crippen molar-refractivity contribution in [2.24, 2.45) is 0 Å². The largest absolute Gasteiger partial charge is 0.495 e. The summed E-state index contributed by atoms with van der Waals surface area (Å²) in [5.41, 5.74) is 8.30. The van der Waals surface area contributed by atoms with Gasteiger partial charge in [-0.1, -0.05) is 92.0 Å². The lowest BCUT2D eigenvalue weighted by atomic mass is 9.75. The zero-order chi connectivity index (χ0) is 47.9. The maximum Gasteiger partial charge on any atom is 0.495 e. The molecule has 15 heteroatoms. The van der Waals surface area contributed by atoms with Gasteiger partial charge in [-0.3, -0.25) is 33.6 Å². The smallest absolute Gasteiger partial charge is 0.481 e. The molecule has 1 N–H and O–H groups in total. The lowest BCUT2D eigenvalue weighted by Crippen LogP contribution is -2.41. The van der Waals surface area contributed by atoms with E-state index in [0.29, 0.717) is 52.6 Å². The van der Waals surface area contributed by atoms with Crippen molar-refractivity contribution in [1.82, 2.24) is 0 Å². The van der Waals surface area contributed by atoms with E-state index in [1.807, 2.05) is 85.7 Å². The zero-order valence-electron chi connectivity index (χ0n) is 37.5. The van der Waals surface area contributed by atoms with Crippen LogP contribution in [0, 0.1) is 27.7 Å². The summed E-state index contributed by atoms with van der Waals surface area (Å²) in [7, 11) is -0.408. The Hall–Kier alpha value is -5.09. The van der Waals surface area contributed by atoms with E-state index in [1.54, 1.807) is 56.3 Å². The summed E-state index contributed by atoms with van der Waals surface area (Å²) in [6.07, 6.45) is 3.35. The van der Waals surface area contributed by atoms with Gasteiger partial charge in [-0.25, -0.2) is 0 Å². The van der Waals surface area contributed by atoms with E-state index in [9.17, 15) is 33.6 Å². The SMILES string of the molecule is CCOC(=O)CBr.CCOC(=O)Cc1cc(C=O)ccc1C.Cc1ccc(C=O)cc1B1OC(C)(C)C(C)(C)O1.Cc1ccc(C=O)cc1Br.Cc1ccc(C=O)cc1CC(=O)O. The molecule has 1 aliphatic rings. The summed E-state index contributed by atoms with van der Waals surface area (Å²) < 4.78 is 22.3. The number of carbonyl (C=O) groups is 7. The minimum absolute atomic E-state index is 0.0342. The van der Waals surface area contributed by atoms with E-state index in [0.717, 1.165) is 56.6 Å². The summed E-state index contributed by atoms with van der Waals surface area (Å²) in [5.74, 6) is -1.35. The molecular formula is C48H57BBr2O12. The molecule has 1 saturated heterocycles. The summed E-state index contributed by atoms with van der Waals surface area (Å²) >= 11 is 6.27. The van der Waals surface area contributed by atoms with Crippen molar-refractivity contribution in [1.29, 1.82) is 0 Å². The first kappa shape index (κ1) is 55.9. The van der Waals surface area contributed by atoms with Crippen LogP contribution in [0.1, 0.15) is 116 Å². The molecule has 4 aromatic carbocycles. The third-order valence-electron chi connectivity index (χ3n) is 9.69. The second-order valence-corrected chi connectivity index (χ2v) is 16.5. The Bertz CT molecular complexity index is 2170. The van der Waals surface area contributed by atoms with Crippen LogP contribution in [0.5, 0.6) is 0 Å². The van der Waals surface area contributed by atoms with Crippen molar-refractivity contribution < 1.29 is 57.5 Å². The Balaban J connectivity index is 0.000000407. The standard InChI is InChI=1S/C14H19BO3.C12H14O3.C10H10O3.C8H7BrO.C4H7BrO2/c1-10-6-7-11(9-16)8-12(10)15-17-13(2,3)14(4,5)18-15;1-3-15-12(14)7-11-6-10(8-13)5-4-9(11)2;1-7-2-3-8(6-11)4-9(7)5-10(12)13;1-6-2-3-7(5-10)4-8(6)9;1-2-7-4(6)3-5/h6-9H,1-5H3;4-6,8H,3,7H2,1-2H3;2-4,6H,5H2,1H3,(H,12,13);2-5H,1H3;2-3H2,1H3. The number of aldehydes is 4. The maximum absolute atomic E-state index is 11.3. The van der Waals surface area contributed by atoms with E-state index >= 15 is 0 Å². The van der Waals surface area contributed by atoms with E-state index in [1.165, 1.54) is 0 Å². The minimum Gasteiger partial charge on any atom is -0.481 e. The first-order valence-corrected chi connectivity index (χ1v) is 21.8. The molecule has 12 nitrogen and oxygen atoms in total. The third-order valence-corrected chi connectivity index (χ3v) is 11.0. The highest BCUT2D eigenvalue weighted by Crippen LogP contribution is 2.36. The number of aryl methyl sites for hydroxylation is 4. The molecule has 1 fully saturated rings. The van der Waals surface area contributed by atoms with Gasteiger partial charge >= 0.3 is 25.0 Å². The van der Waals surface area contributed by atoms with Crippen molar-refractivity contribution in [3.05, 3.63) is 133 Å². The number of halogens is 2. The fraction of sp³-hybridized carbons (Fsp3) is 0.354. The average Bonchev–Trinajstić information content (AvgIpc) is 3.46. The number of esters is 2. The van der Waals surface area contributed by atoms with Gasteiger partial charge in [0.1, 0.15) is 30.5 Å². The van der Waals surface area contributed by atoms with Crippen LogP contribution in [0.2, 0.25) is 0 Å². The van der Waals surface area contributed by atoms with Crippen LogP contribution in [0.3, 0.4) is 0 Å². The summed E-state index contributed by atoms with van der Waals surface area (Å²) in [5, 5.41) is 8.86. The van der Waals surface area contributed by atoms with Crippen LogP contribution >= 0.6 is 31.9 Å². The highest BCUT2D eigenvalue weighted by Gasteiger charge is 2.52. The van der Waals surface area contributed by atoms with Crippen LogP contribution in [-0.2, 0) is 46.0 Å². The van der Waals surface area contributed by atoms with Gasteiger partial charge < -0.3 is 23.9 Å². The van der Waals surface area contributed by atoms with E-state index in [2.05, 4.69) is 36.6 Å². The Morgan fingerprint density at radius 2 is 0.984 bits per heavy atom. The first-order chi connectivity index (χ1) is 29.6. The molecule has 0 aromatic heterocycles. The Morgan fingerprint density at radius 1 is 0.603 bits per heavy atom. The average molecular weight is 997 g/mol. The summed E-state index contributed by atoms with van der Waals surface area (Å²) in [6, 6.07) is 21.4. The number of carbonyl (C=O) groups excluding carboxylic acids is 6. The second kappa shape index (κ2) is 27.9. The molecule has 0 saturated carbocycles. The first-order valence-electron chi connectivity index (χ1n) is 19.9. The van der Waals surface area contributed by atoms with Crippen LogP contribution in [-0.4, -0.2) is 85.0 Å². The van der Waals surface area contributed by atoms with Gasteiger partial charge in [-0.2, -0.15) is 0 Å². The van der Waals surface area contributed by atoms with Crippen molar-refractivity contribution in [2.75, 3.05) is 18.5 Å². The monoisotopic (exact) mass is 994 g/mol. The van der Waals surface area contributed by atoms with E-state index < -0.39 is 13.1 Å². The fourth-order valence-corrected chi connectivity index (χ4v) is 5.84. The lowest BCUT2D eigenvalue weighted by molar-refractivity contribution is -0.142. The number of carboxylic acids is 1. The molecule has 1 heterocycles. The molecule has 5 rings (SSSR count). The molecule has 63 heavy (non-hydrogen) atoms. The second-order valence-electron chi connectivity index (χ2n) is 15.0. The minimum atomic E-state index is -0.883. The van der Waals surface area contributed by atoms with Gasteiger partial charge in [0.05, 0.1) is 37.3 Å². The molecule has 4 aromatic rings. The van der Waals surface area contributed by atoms with Gasteiger partial charge in [-0.05, 0) is 121 Å². The molecule has 0 aliphatic carbocycles. The van der Waals surface area contributed by atoms with Crippen molar-refractivity contribution in [2.45, 2.75) is 93.3 Å². The number of ether oxygens (including phenoxy) is 2. The molecule has 0 radical (unpaired) electrons. The molecule has 0 amide bonds. The highest BCUT2D eigenvalue weighted by molar-refractivity contribution is 9.10. The van der Waals surface area contributed by atoms with Gasteiger partial charge in [0.15, 0.2) is 0 Å². The van der Waals surface area contributed by atoms with Gasteiger partial charge in [0.2, 0.25) is 0 Å². The quantitative estimate of drug-likeness (QED) is 0.0618. The molecule has 0 bridgehead atoms. The number of aliphatic carboxylic acids is 1. The molecule has 0 spiro atoms. The van der Waals surface area contributed by atoms with Crippen molar-refractivity contribution >= 4 is 87.5 Å². The van der Waals surface area contributed by atoms with E-state index in [4.69, 9.17) is 19.2 Å². The van der Waals surface area contributed by atoms with Crippen LogP contribution in [0.15, 0.2) is 77.3 Å².